The third-order valence-electron chi connectivity index (χ3n) is 6.14. The van der Waals surface area contributed by atoms with Crippen LogP contribution in [-0.2, 0) is 0 Å². The standard InChI is InChI=1S/C25H33N7/c1-3-19(21(15-27-2)30-18-10-5-4-6-11-18)24-31-22-16-28-14-20(17-8-7-9-17)23(22)25(32-24)29-13-12-26/h3,5,10-11,15-17,28,30H,2,4,6-9,12-14,26H2,1H3,(H,29,31,32)/b19-3+,21-15+. The average molecular weight is 432 g/mol. The van der Waals surface area contributed by atoms with E-state index in [1.54, 1.807) is 6.20 Å². The Balaban J connectivity index is 1.80. The van der Waals surface area contributed by atoms with Crippen molar-refractivity contribution >= 4 is 29.9 Å². The van der Waals surface area contributed by atoms with Gasteiger partial charge in [0.15, 0.2) is 5.82 Å². The molecular weight excluding hydrogens is 398 g/mol. The molecule has 7 heteroatoms. The van der Waals surface area contributed by atoms with Crippen LogP contribution >= 0.6 is 0 Å². The highest BCUT2D eigenvalue weighted by atomic mass is 15.1. The lowest BCUT2D eigenvalue weighted by atomic mass is 9.78. The number of aromatic nitrogens is 2. The summed E-state index contributed by atoms with van der Waals surface area (Å²) in [5.74, 6) is 2.11. The van der Waals surface area contributed by atoms with Gasteiger partial charge in [-0.25, -0.2) is 9.97 Å². The molecule has 1 aromatic rings. The van der Waals surface area contributed by atoms with Gasteiger partial charge in [-0.3, -0.25) is 4.99 Å². The molecule has 32 heavy (non-hydrogen) atoms. The molecule has 0 unspecified atom stereocenters. The van der Waals surface area contributed by atoms with Crippen molar-refractivity contribution in [2.24, 2.45) is 16.6 Å². The summed E-state index contributed by atoms with van der Waals surface area (Å²) in [5, 5.41) is 12.4. The van der Waals surface area contributed by atoms with E-state index in [1.165, 1.54) is 24.8 Å². The van der Waals surface area contributed by atoms with Gasteiger partial charge in [0.05, 0.1) is 17.2 Å². The van der Waals surface area contributed by atoms with Gasteiger partial charge in [-0.05, 0) is 56.9 Å². The molecule has 1 saturated carbocycles. The normalized spacial score (nSPS) is 18.7. The number of fused-ring (bicyclic) bond motifs is 1. The lowest BCUT2D eigenvalue weighted by Gasteiger charge is -2.30. The molecule has 2 heterocycles. The van der Waals surface area contributed by atoms with Crippen LogP contribution in [0.15, 0.2) is 46.9 Å². The number of allylic oxidation sites excluding steroid dienone is 5. The summed E-state index contributed by atoms with van der Waals surface area (Å²) in [6, 6.07) is 0. The molecule has 168 valence electrons. The number of hydrogen-bond donors (Lipinski definition) is 4. The van der Waals surface area contributed by atoms with Gasteiger partial charge in [0.1, 0.15) is 5.82 Å². The Morgan fingerprint density at radius 3 is 2.88 bits per heavy atom. The molecule has 0 atom stereocenters. The van der Waals surface area contributed by atoms with Gasteiger partial charge >= 0.3 is 0 Å². The predicted octanol–water partition coefficient (Wildman–Crippen LogP) is 1.91. The van der Waals surface area contributed by atoms with E-state index in [0.29, 0.717) is 24.8 Å². The SMILES string of the molecule is C=N/C=C(NC1=CCCC=C1)\C(=C/C)c1nc(NCCN)c2c(n1)=CNCC=2C1CCC1. The molecule has 1 fully saturated rings. The van der Waals surface area contributed by atoms with Gasteiger partial charge < -0.3 is 21.7 Å². The fourth-order valence-electron chi connectivity index (χ4n) is 4.32. The van der Waals surface area contributed by atoms with Crippen LogP contribution in [0.3, 0.4) is 0 Å². The highest BCUT2D eigenvalue weighted by molar-refractivity contribution is 5.76. The van der Waals surface area contributed by atoms with Crippen LogP contribution in [-0.4, -0.2) is 36.3 Å². The van der Waals surface area contributed by atoms with Gasteiger partial charge in [0, 0.05) is 42.3 Å². The van der Waals surface area contributed by atoms with Crippen LogP contribution in [0.5, 0.6) is 0 Å². The lowest BCUT2D eigenvalue weighted by Crippen LogP contribution is -2.45. The van der Waals surface area contributed by atoms with E-state index >= 15 is 0 Å². The zero-order chi connectivity index (χ0) is 22.3. The van der Waals surface area contributed by atoms with Crippen molar-refractivity contribution in [3.63, 3.8) is 0 Å². The van der Waals surface area contributed by atoms with Gasteiger partial charge in [-0.1, -0.05) is 24.6 Å². The molecule has 1 aliphatic heterocycles. The Bertz CT molecular complexity index is 1100. The van der Waals surface area contributed by atoms with Crippen LogP contribution in [0.2, 0.25) is 0 Å². The summed E-state index contributed by atoms with van der Waals surface area (Å²) in [6.07, 6.45) is 18.0. The first kappa shape index (κ1) is 22.0. The van der Waals surface area contributed by atoms with Crippen LogP contribution in [0.4, 0.5) is 5.82 Å². The summed E-state index contributed by atoms with van der Waals surface area (Å²) < 4.78 is 0. The predicted molar refractivity (Wildman–Crippen MR) is 133 cm³/mol. The molecule has 0 bridgehead atoms. The first-order valence-electron chi connectivity index (χ1n) is 11.5. The molecule has 0 saturated heterocycles. The van der Waals surface area contributed by atoms with E-state index < -0.39 is 0 Å². The molecule has 7 nitrogen and oxygen atoms in total. The number of rotatable bonds is 9. The fourth-order valence-corrected chi connectivity index (χ4v) is 4.32. The highest BCUT2D eigenvalue weighted by Crippen LogP contribution is 2.33. The summed E-state index contributed by atoms with van der Waals surface area (Å²) in [4.78, 5) is 14.0. The van der Waals surface area contributed by atoms with E-state index in [4.69, 9.17) is 15.7 Å². The Labute approximate surface area is 189 Å². The second-order valence-electron chi connectivity index (χ2n) is 8.24. The van der Waals surface area contributed by atoms with Crippen LogP contribution in [0.25, 0.3) is 17.3 Å². The van der Waals surface area contributed by atoms with Crippen LogP contribution in [0, 0.1) is 5.92 Å². The minimum Gasteiger partial charge on any atom is -0.385 e. The molecule has 1 aromatic heterocycles. The molecule has 3 aliphatic rings. The molecule has 0 amide bonds. The summed E-state index contributed by atoms with van der Waals surface area (Å²) in [5.41, 5.74) is 9.94. The molecule has 5 N–H and O–H groups in total. The van der Waals surface area contributed by atoms with Crippen molar-refractivity contribution in [1.29, 1.82) is 0 Å². The first-order valence-corrected chi connectivity index (χ1v) is 11.5. The summed E-state index contributed by atoms with van der Waals surface area (Å²) in [7, 11) is 0. The minimum atomic E-state index is 0.541. The Kier molecular flexibility index (Phi) is 7.17. The van der Waals surface area contributed by atoms with E-state index in [2.05, 4.69) is 45.9 Å². The molecule has 4 rings (SSSR count). The Morgan fingerprint density at radius 1 is 1.34 bits per heavy atom. The van der Waals surface area contributed by atoms with E-state index in [-0.39, 0.29) is 0 Å². The first-order chi connectivity index (χ1) is 15.7. The summed E-state index contributed by atoms with van der Waals surface area (Å²) >= 11 is 0. The molecule has 2 aliphatic carbocycles. The van der Waals surface area contributed by atoms with Gasteiger partial charge in [-0.15, -0.1) is 0 Å². The number of aliphatic imine (C=N–C) groups is 1. The largest absolute Gasteiger partial charge is 0.385 e. The monoisotopic (exact) mass is 431 g/mol. The maximum atomic E-state index is 5.80. The number of nitrogens with one attached hydrogen (secondary N) is 3. The number of nitrogens with two attached hydrogens (primary N) is 1. The maximum absolute atomic E-state index is 5.80. The van der Waals surface area contributed by atoms with Crippen LogP contribution < -0.4 is 32.3 Å². The van der Waals surface area contributed by atoms with E-state index in [1.807, 2.05) is 19.2 Å². The zero-order valence-corrected chi connectivity index (χ0v) is 18.8. The average Bonchev–Trinajstić information content (AvgIpc) is 2.77. The van der Waals surface area contributed by atoms with E-state index in [9.17, 15) is 0 Å². The number of hydrogen-bond acceptors (Lipinski definition) is 7. The molecule has 0 aromatic carbocycles. The molecule has 0 radical (unpaired) electrons. The Hall–Kier alpha value is -3.19. The van der Waals surface area contributed by atoms with Gasteiger partial charge in [0.25, 0.3) is 0 Å². The summed E-state index contributed by atoms with van der Waals surface area (Å²) in [6.45, 7) is 7.70. The number of anilines is 1. The quantitative estimate of drug-likeness (QED) is 0.352. The lowest BCUT2D eigenvalue weighted by molar-refractivity contribution is 0.392. The molecular formula is C25H33N7. The third kappa shape index (κ3) is 4.67. The number of nitrogens with zero attached hydrogens (tertiary/aromatic N) is 3. The second-order valence-corrected chi connectivity index (χ2v) is 8.24. The third-order valence-corrected chi connectivity index (χ3v) is 6.14. The van der Waals surface area contributed by atoms with Crippen molar-refractivity contribution in [3.05, 3.63) is 58.3 Å². The van der Waals surface area contributed by atoms with Crippen molar-refractivity contribution < 1.29 is 0 Å². The second kappa shape index (κ2) is 10.4. The topological polar surface area (TPSA) is 100 Å². The zero-order valence-electron chi connectivity index (χ0n) is 18.8. The highest BCUT2D eigenvalue weighted by Gasteiger charge is 2.25. The van der Waals surface area contributed by atoms with Gasteiger partial charge in [0.2, 0.25) is 0 Å². The van der Waals surface area contributed by atoms with Crippen molar-refractivity contribution in [2.75, 3.05) is 25.0 Å². The minimum absolute atomic E-state index is 0.541. The molecule has 0 spiro atoms. The van der Waals surface area contributed by atoms with Crippen molar-refractivity contribution in [2.45, 2.75) is 39.0 Å². The van der Waals surface area contributed by atoms with Gasteiger partial charge in [-0.2, -0.15) is 0 Å². The smallest absolute Gasteiger partial charge is 0.164 e. The van der Waals surface area contributed by atoms with E-state index in [0.717, 1.165) is 52.7 Å². The van der Waals surface area contributed by atoms with Crippen molar-refractivity contribution in [1.82, 2.24) is 20.6 Å². The Morgan fingerprint density at radius 2 is 2.22 bits per heavy atom. The fraction of sp³-hybridized carbons (Fsp3) is 0.400. The van der Waals surface area contributed by atoms with Crippen molar-refractivity contribution in [3.8, 4) is 0 Å². The maximum Gasteiger partial charge on any atom is 0.164 e. The van der Waals surface area contributed by atoms with Crippen LogP contribution in [0.1, 0.15) is 44.9 Å².